The summed E-state index contributed by atoms with van der Waals surface area (Å²) in [6.45, 7) is 0. The van der Waals surface area contributed by atoms with Crippen molar-refractivity contribution >= 4 is 34.6 Å². The number of carboxylic acids is 1. The van der Waals surface area contributed by atoms with Gasteiger partial charge in [0.25, 0.3) is 5.24 Å². The van der Waals surface area contributed by atoms with Gasteiger partial charge in [-0.1, -0.05) is 23.9 Å². The van der Waals surface area contributed by atoms with Gasteiger partial charge < -0.3 is 15.7 Å². The van der Waals surface area contributed by atoms with E-state index in [-0.39, 0.29) is 17.6 Å². The third-order valence-corrected chi connectivity index (χ3v) is 3.45. The van der Waals surface area contributed by atoms with E-state index in [1.807, 2.05) is 0 Å². The SMILES string of the molecule is O=C(O)Cc1ccc(NC(=O)C2CSC(=O)N2)cc1. The van der Waals surface area contributed by atoms with Crippen LogP contribution < -0.4 is 10.6 Å². The predicted octanol–water partition coefficient (Wildman–Crippen LogP) is 1.08. The summed E-state index contributed by atoms with van der Waals surface area (Å²) >= 11 is 1.08. The third kappa shape index (κ3) is 3.72. The van der Waals surface area contributed by atoms with Crippen molar-refractivity contribution in [2.24, 2.45) is 0 Å². The van der Waals surface area contributed by atoms with Gasteiger partial charge in [-0.2, -0.15) is 0 Å². The summed E-state index contributed by atoms with van der Waals surface area (Å²) in [4.78, 5) is 33.3. The summed E-state index contributed by atoms with van der Waals surface area (Å²) in [5, 5.41) is 13.7. The number of rotatable bonds is 4. The number of amides is 2. The Morgan fingerprint density at radius 1 is 1.37 bits per heavy atom. The molecule has 7 heteroatoms. The van der Waals surface area contributed by atoms with Gasteiger partial charge in [0.05, 0.1) is 6.42 Å². The minimum atomic E-state index is -0.900. The Balaban J connectivity index is 1.94. The molecule has 1 aromatic rings. The van der Waals surface area contributed by atoms with Gasteiger partial charge in [0.1, 0.15) is 6.04 Å². The molecule has 1 aliphatic rings. The molecule has 1 unspecified atom stereocenters. The van der Waals surface area contributed by atoms with Crippen LogP contribution in [0.15, 0.2) is 24.3 Å². The first-order valence-corrected chi connectivity index (χ1v) is 6.58. The zero-order valence-corrected chi connectivity index (χ0v) is 10.7. The van der Waals surface area contributed by atoms with Gasteiger partial charge in [-0.05, 0) is 17.7 Å². The van der Waals surface area contributed by atoms with E-state index in [0.29, 0.717) is 17.0 Å². The Morgan fingerprint density at radius 3 is 2.58 bits per heavy atom. The summed E-state index contributed by atoms with van der Waals surface area (Å²) in [6, 6.07) is 6.05. The zero-order valence-electron chi connectivity index (χ0n) is 9.88. The lowest BCUT2D eigenvalue weighted by molar-refractivity contribution is -0.136. The van der Waals surface area contributed by atoms with Crippen LogP contribution in [-0.4, -0.2) is 34.0 Å². The van der Waals surface area contributed by atoms with E-state index >= 15 is 0 Å². The molecular weight excluding hydrogens is 268 g/mol. The van der Waals surface area contributed by atoms with Gasteiger partial charge in [-0.25, -0.2) is 0 Å². The fourth-order valence-corrected chi connectivity index (χ4v) is 2.41. The van der Waals surface area contributed by atoms with E-state index in [0.717, 1.165) is 11.8 Å². The van der Waals surface area contributed by atoms with Crippen molar-refractivity contribution in [1.82, 2.24) is 5.32 Å². The number of hydrogen-bond donors (Lipinski definition) is 3. The molecule has 3 N–H and O–H groups in total. The van der Waals surface area contributed by atoms with Crippen LogP contribution in [-0.2, 0) is 16.0 Å². The number of benzene rings is 1. The van der Waals surface area contributed by atoms with Crippen LogP contribution in [0.3, 0.4) is 0 Å². The van der Waals surface area contributed by atoms with Gasteiger partial charge in [0.15, 0.2) is 0 Å². The first-order valence-electron chi connectivity index (χ1n) is 5.59. The molecule has 0 saturated carbocycles. The summed E-state index contributed by atoms with van der Waals surface area (Å²) in [7, 11) is 0. The smallest absolute Gasteiger partial charge is 0.307 e. The lowest BCUT2D eigenvalue weighted by atomic mass is 10.1. The Bertz CT molecular complexity index is 515. The average molecular weight is 280 g/mol. The van der Waals surface area contributed by atoms with Crippen molar-refractivity contribution < 1.29 is 19.5 Å². The molecule has 1 atom stereocenters. The molecule has 0 radical (unpaired) electrons. The lowest BCUT2D eigenvalue weighted by Crippen LogP contribution is -2.38. The van der Waals surface area contributed by atoms with Crippen molar-refractivity contribution in [3.05, 3.63) is 29.8 Å². The van der Waals surface area contributed by atoms with Gasteiger partial charge >= 0.3 is 5.97 Å². The molecule has 1 aliphatic heterocycles. The quantitative estimate of drug-likeness (QED) is 0.767. The fraction of sp³-hybridized carbons (Fsp3) is 0.250. The van der Waals surface area contributed by atoms with Crippen LogP contribution in [0, 0.1) is 0 Å². The molecule has 2 amide bonds. The summed E-state index contributed by atoms with van der Waals surface area (Å²) in [5.41, 5.74) is 1.24. The first-order chi connectivity index (χ1) is 9.04. The number of aliphatic carboxylic acids is 1. The molecule has 0 aliphatic carbocycles. The number of nitrogens with one attached hydrogen (secondary N) is 2. The second-order valence-corrected chi connectivity index (χ2v) is 5.04. The molecule has 1 saturated heterocycles. The molecule has 6 nitrogen and oxygen atoms in total. The molecule has 0 spiro atoms. The van der Waals surface area contributed by atoms with E-state index in [1.165, 1.54) is 0 Å². The summed E-state index contributed by atoms with van der Waals surface area (Å²) in [6.07, 6.45) is -0.0520. The van der Waals surface area contributed by atoms with Crippen LogP contribution >= 0.6 is 11.8 Å². The first kappa shape index (κ1) is 13.4. The minimum Gasteiger partial charge on any atom is -0.481 e. The van der Waals surface area contributed by atoms with Crippen LogP contribution in [0.4, 0.5) is 10.5 Å². The molecule has 1 fully saturated rings. The molecule has 1 aromatic carbocycles. The van der Waals surface area contributed by atoms with Gasteiger partial charge in [-0.3, -0.25) is 14.4 Å². The predicted molar refractivity (Wildman–Crippen MR) is 71.2 cm³/mol. The number of thioether (sulfide) groups is 1. The third-order valence-electron chi connectivity index (χ3n) is 2.57. The van der Waals surface area contributed by atoms with Crippen molar-refractivity contribution in [2.45, 2.75) is 12.5 Å². The highest BCUT2D eigenvalue weighted by Crippen LogP contribution is 2.15. The monoisotopic (exact) mass is 280 g/mol. The van der Waals surface area contributed by atoms with E-state index in [4.69, 9.17) is 5.11 Å². The Kier molecular flexibility index (Phi) is 4.06. The van der Waals surface area contributed by atoms with E-state index in [1.54, 1.807) is 24.3 Å². The number of anilines is 1. The van der Waals surface area contributed by atoms with E-state index < -0.39 is 12.0 Å². The van der Waals surface area contributed by atoms with Gasteiger partial charge in [-0.15, -0.1) is 0 Å². The number of carbonyl (C=O) groups is 3. The van der Waals surface area contributed by atoms with Crippen molar-refractivity contribution in [3.63, 3.8) is 0 Å². The minimum absolute atomic E-state index is 0.0520. The highest BCUT2D eigenvalue weighted by atomic mass is 32.2. The van der Waals surface area contributed by atoms with Gasteiger partial charge in [0.2, 0.25) is 5.91 Å². The van der Waals surface area contributed by atoms with Crippen molar-refractivity contribution in [3.8, 4) is 0 Å². The molecule has 0 aromatic heterocycles. The maximum atomic E-state index is 11.8. The number of hydrogen-bond acceptors (Lipinski definition) is 4. The van der Waals surface area contributed by atoms with Crippen LogP contribution in [0.5, 0.6) is 0 Å². The second-order valence-electron chi connectivity index (χ2n) is 4.05. The summed E-state index contributed by atoms with van der Waals surface area (Å²) in [5.74, 6) is -0.756. The number of carboxylic acid groups (broad SMARTS) is 1. The topological polar surface area (TPSA) is 95.5 Å². The molecular formula is C12H12N2O4S. The van der Waals surface area contributed by atoms with Crippen LogP contribution in [0.2, 0.25) is 0 Å². The van der Waals surface area contributed by atoms with Crippen molar-refractivity contribution in [1.29, 1.82) is 0 Å². The largest absolute Gasteiger partial charge is 0.481 e. The Hall–Kier alpha value is -2.02. The standard InChI is InChI=1S/C12H12N2O4S/c15-10(16)5-7-1-3-8(4-2-7)13-11(17)9-6-19-12(18)14-9/h1-4,9H,5-6H2,(H,13,17)(H,14,18)(H,15,16). The second kappa shape index (κ2) is 5.75. The van der Waals surface area contributed by atoms with Gasteiger partial charge in [0, 0.05) is 11.4 Å². The molecule has 19 heavy (non-hydrogen) atoms. The average Bonchev–Trinajstić information content (AvgIpc) is 2.78. The fourth-order valence-electron chi connectivity index (χ4n) is 1.64. The Labute approximate surface area is 113 Å². The van der Waals surface area contributed by atoms with Crippen LogP contribution in [0.25, 0.3) is 0 Å². The van der Waals surface area contributed by atoms with Crippen molar-refractivity contribution in [2.75, 3.05) is 11.1 Å². The zero-order chi connectivity index (χ0) is 13.8. The molecule has 0 bridgehead atoms. The highest BCUT2D eigenvalue weighted by Gasteiger charge is 2.27. The summed E-state index contributed by atoms with van der Waals surface area (Å²) < 4.78 is 0. The highest BCUT2D eigenvalue weighted by molar-refractivity contribution is 8.14. The Morgan fingerprint density at radius 2 is 2.05 bits per heavy atom. The lowest BCUT2D eigenvalue weighted by Gasteiger charge is -2.10. The van der Waals surface area contributed by atoms with E-state index in [9.17, 15) is 14.4 Å². The molecule has 1 heterocycles. The normalized spacial score (nSPS) is 17.9. The molecule has 100 valence electrons. The van der Waals surface area contributed by atoms with E-state index in [2.05, 4.69) is 10.6 Å². The number of carbonyl (C=O) groups excluding carboxylic acids is 2. The molecule has 2 rings (SSSR count). The maximum absolute atomic E-state index is 11.8. The maximum Gasteiger partial charge on any atom is 0.307 e. The van der Waals surface area contributed by atoms with Crippen LogP contribution in [0.1, 0.15) is 5.56 Å².